The first-order chi connectivity index (χ1) is 6.00. The molecular weight excluding hydrogens is 170 g/mol. The van der Waals surface area contributed by atoms with Gasteiger partial charge >= 0.3 is 5.97 Å². The van der Waals surface area contributed by atoms with Gasteiger partial charge in [0, 0.05) is 13.0 Å². The van der Waals surface area contributed by atoms with Gasteiger partial charge in [0.2, 0.25) is 5.91 Å². The van der Waals surface area contributed by atoms with Crippen molar-refractivity contribution < 1.29 is 14.7 Å². The molecule has 1 aliphatic heterocycles. The zero-order chi connectivity index (χ0) is 10.0. The summed E-state index contributed by atoms with van der Waals surface area (Å²) >= 11 is 0. The van der Waals surface area contributed by atoms with Gasteiger partial charge in [-0.15, -0.1) is 0 Å². The molecule has 1 fully saturated rings. The van der Waals surface area contributed by atoms with Crippen LogP contribution < -0.4 is 0 Å². The van der Waals surface area contributed by atoms with Gasteiger partial charge in [0.15, 0.2) is 0 Å². The molecule has 0 bridgehead atoms. The highest BCUT2D eigenvalue weighted by Crippen LogP contribution is 2.24. The molecule has 1 heterocycles. The van der Waals surface area contributed by atoms with Gasteiger partial charge in [0.1, 0.15) is 6.54 Å². The molecule has 4 heteroatoms. The Balaban J connectivity index is 2.51. The quantitative estimate of drug-likeness (QED) is 0.699. The monoisotopic (exact) mass is 185 g/mol. The van der Waals surface area contributed by atoms with E-state index in [1.54, 1.807) is 0 Å². The Bertz CT molecular complexity index is 225. The standard InChI is InChI=1S/C9H15NO3/c1-6(2)7-3-8(11)10(4-7)5-9(12)13/h6-7H,3-5H2,1-2H3,(H,12,13)/t7-/m0/s1. The van der Waals surface area contributed by atoms with Crippen molar-refractivity contribution in [1.29, 1.82) is 0 Å². The summed E-state index contributed by atoms with van der Waals surface area (Å²) in [7, 11) is 0. The molecule has 0 aromatic carbocycles. The number of carboxylic acid groups (broad SMARTS) is 1. The minimum atomic E-state index is -0.933. The molecule has 13 heavy (non-hydrogen) atoms. The molecule has 1 N–H and O–H groups in total. The second kappa shape index (κ2) is 3.77. The molecule has 1 saturated heterocycles. The van der Waals surface area contributed by atoms with Gasteiger partial charge in [-0.05, 0) is 11.8 Å². The molecule has 0 radical (unpaired) electrons. The predicted octanol–water partition coefficient (Wildman–Crippen LogP) is 0.575. The second-order valence-corrected chi connectivity index (χ2v) is 3.88. The Morgan fingerprint density at radius 1 is 1.69 bits per heavy atom. The number of nitrogens with zero attached hydrogens (tertiary/aromatic N) is 1. The number of carboxylic acids is 1. The van der Waals surface area contributed by atoms with Crippen LogP contribution in [-0.4, -0.2) is 35.0 Å². The minimum Gasteiger partial charge on any atom is -0.480 e. The fourth-order valence-electron chi connectivity index (χ4n) is 1.57. The molecular formula is C9H15NO3. The first-order valence-electron chi connectivity index (χ1n) is 4.50. The number of aliphatic carboxylic acids is 1. The maximum absolute atomic E-state index is 11.3. The lowest BCUT2D eigenvalue weighted by atomic mass is 9.95. The number of carbonyl (C=O) groups is 2. The van der Waals surface area contributed by atoms with E-state index < -0.39 is 5.97 Å². The molecule has 1 aliphatic rings. The maximum atomic E-state index is 11.3. The molecule has 0 aliphatic carbocycles. The molecule has 0 aromatic heterocycles. The van der Waals surface area contributed by atoms with Crippen LogP contribution in [0.5, 0.6) is 0 Å². The van der Waals surface area contributed by atoms with Crippen molar-refractivity contribution >= 4 is 11.9 Å². The minimum absolute atomic E-state index is 0.0268. The van der Waals surface area contributed by atoms with E-state index in [2.05, 4.69) is 13.8 Å². The van der Waals surface area contributed by atoms with E-state index >= 15 is 0 Å². The lowest BCUT2D eigenvalue weighted by Gasteiger charge is -2.15. The lowest BCUT2D eigenvalue weighted by molar-refractivity contribution is -0.142. The lowest BCUT2D eigenvalue weighted by Crippen LogP contribution is -2.31. The van der Waals surface area contributed by atoms with E-state index in [0.717, 1.165) is 0 Å². The van der Waals surface area contributed by atoms with Crippen LogP contribution in [0.1, 0.15) is 20.3 Å². The van der Waals surface area contributed by atoms with Crippen LogP contribution in [-0.2, 0) is 9.59 Å². The Kier molecular flexibility index (Phi) is 2.90. The third kappa shape index (κ3) is 2.44. The van der Waals surface area contributed by atoms with E-state index in [1.165, 1.54) is 4.90 Å². The Labute approximate surface area is 77.5 Å². The summed E-state index contributed by atoms with van der Waals surface area (Å²) in [4.78, 5) is 23.1. The van der Waals surface area contributed by atoms with Gasteiger partial charge in [-0.1, -0.05) is 13.8 Å². The number of rotatable bonds is 3. The van der Waals surface area contributed by atoms with Crippen molar-refractivity contribution in [2.75, 3.05) is 13.1 Å². The molecule has 74 valence electrons. The fourth-order valence-corrected chi connectivity index (χ4v) is 1.57. The van der Waals surface area contributed by atoms with Gasteiger partial charge in [0.25, 0.3) is 0 Å². The largest absolute Gasteiger partial charge is 0.480 e. The van der Waals surface area contributed by atoms with Crippen molar-refractivity contribution in [3.63, 3.8) is 0 Å². The summed E-state index contributed by atoms with van der Waals surface area (Å²) in [6.07, 6.45) is 0.505. The van der Waals surface area contributed by atoms with Crippen LogP contribution >= 0.6 is 0 Å². The first-order valence-corrected chi connectivity index (χ1v) is 4.50. The predicted molar refractivity (Wildman–Crippen MR) is 47.2 cm³/mol. The number of hydrogen-bond acceptors (Lipinski definition) is 2. The third-order valence-corrected chi connectivity index (χ3v) is 2.51. The molecule has 1 atom stereocenters. The van der Waals surface area contributed by atoms with E-state index in [-0.39, 0.29) is 12.5 Å². The average Bonchev–Trinajstić information content (AvgIpc) is 2.31. The van der Waals surface area contributed by atoms with Gasteiger partial charge in [-0.25, -0.2) is 0 Å². The van der Waals surface area contributed by atoms with E-state index in [9.17, 15) is 9.59 Å². The van der Waals surface area contributed by atoms with E-state index in [0.29, 0.717) is 24.8 Å². The second-order valence-electron chi connectivity index (χ2n) is 3.88. The molecule has 0 aromatic rings. The SMILES string of the molecule is CC(C)[C@H]1CC(=O)N(CC(=O)O)C1. The van der Waals surface area contributed by atoms with Crippen molar-refractivity contribution in [1.82, 2.24) is 4.90 Å². The van der Waals surface area contributed by atoms with Crippen LogP contribution in [0.4, 0.5) is 0 Å². The Morgan fingerprint density at radius 2 is 2.31 bits per heavy atom. The summed E-state index contributed by atoms with van der Waals surface area (Å²) < 4.78 is 0. The van der Waals surface area contributed by atoms with Gasteiger partial charge in [-0.3, -0.25) is 9.59 Å². The van der Waals surface area contributed by atoms with Crippen molar-refractivity contribution in [3.05, 3.63) is 0 Å². The zero-order valence-electron chi connectivity index (χ0n) is 7.99. The Hall–Kier alpha value is -1.06. The highest BCUT2D eigenvalue weighted by Gasteiger charge is 2.32. The average molecular weight is 185 g/mol. The summed E-state index contributed by atoms with van der Waals surface area (Å²) in [5, 5.41) is 8.52. The first kappa shape index (κ1) is 10.0. The highest BCUT2D eigenvalue weighted by atomic mass is 16.4. The maximum Gasteiger partial charge on any atom is 0.323 e. The summed E-state index contributed by atoms with van der Waals surface area (Å²) in [5.41, 5.74) is 0. The summed E-state index contributed by atoms with van der Waals surface area (Å²) in [5.74, 6) is -0.187. The van der Waals surface area contributed by atoms with E-state index in [4.69, 9.17) is 5.11 Å². The molecule has 4 nitrogen and oxygen atoms in total. The van der Waals surface area contributed by atoms with Gasteiger partial charge in [0.05, 0.1) is 0 Å². The van der Waals surface area contributed by atoms with Crippen LogP contribution in [0.3, 0.4) is 0 Å². The number of likely N-dealkylation sites (tertiary alicyclic amines) is 1. The topological polar surface area (TPSA) is 57.6 Å². The molecule has 0 spiro atoms. The number of hydrogen-bond donors (Lipinski definition) is 1. The normalized spacial score (nSPS) is 22.8. The fraction of sp³-hybridized carbons (Fsp3) is 0.778. The summed E-state index contributed by atoms with van der Waals surface area (Å²) in [6.45, 7) is 4.56. The molecule has 1 rings (SSSR count). The van der Waals surface area contributed by atoms with Gasteiger partial charge < -0.3 is 10.0 Å². The highest BCUT2D eigenvalue weighted by molar-refractivity contribution is 5.83. The Morgan fingerprint density at radius 3 is 2.69 bits per heavy atom. The van der Waals surface area contributed by atoms with Gasteiger partial charge in [-0.2, -0.15) is 0 Å². The van der Waals surface area contributed by atoms with Crippen LogP contribution in [0, 0.1) is 11.8 Å². The van der Waals surface area contributed by atoms with Crippen molar-refractivity contribution in [3.8, 4) is 0 Å². The van der Waals surface area contributed by atoms with Crippen LogP contribution in [0.25, 0.3) is 0 Å². The smallest absolute Gasteiger partial charge is 0.323 e. The van der Waals surface area contributed by atoms with Crippen LogP contribution in [0.15, 0.2) is 0 Å². The molecule has 0 saturated carbocycles. The molecule has 0 unspecified atom stereocenters. The van der Waals surface area contributed by atoms with Crippen LogP contribution in [0.2, 0.25) is 0 Å². The van der Waals surface area contributed by atoms with E-state index in [1.807, 2.05) is 0 Å². The zero-order valence-corrected chi connectivity index (χ0v) is 7.99. The number of carbonyl (C=O) groups excluding carboxylic acids is 1. The molecule has 1 amide bonds. The van der Waals surface area contributed by atoms with Crippen molar-refractivity contribution in [2.24, 2.45) is 11.8 Å². The van der Waals surface area contributed by atoms with Crippen molar-refractivity contribution in [2.45, 2.75) is 20.3 Å². The number of amides is 1. The summed E-state index contributed by atoms with van der Waals surface area (Å²) in [6, 6.07) is 0. The third-order valence-electron chi connectivity index (χ3n) is 2.51.